The van der Waals surface area contributed by atoms with E-state index in [0.717, 1.165) is 5.75 Å². The Balaban J connectivity index is 2.86. The minimum absolute atomic E-state index is 0.635. The van der Waals surface area contributed by atoms with Crippen LogP contribution in [0.1, 0.15) is 6.92 Å². The van der Waals surface area contributed by atoms with Crippen LogP contribution in [0.15, 0.2) is 24.3 Å². The van der Waals surface area contributed by atoms with Crippen LogP contribution >= 0.6 is 23.4 Å². The van der Waals surface area contributed by atoms with Crippen LogP contribution in [0.2, 0.25) is 0 Å². The van der Waals surface area contributed by atoms with E-state index in [1.165, 1.54) is 11.8 Å². The minimum atomic E-state index is -0.878. The van der Waals surface area contributed by atoms with Gasteiger partial charge >= 0.3 is 5.97 Å². The van der Waals surface area contributed by atoms with Crippen molar-refractivity contribution in [3.63, 3.8) is 0 Å². The third kappa shape index (κ3) is 2.29. The number of carboxylic acid groups (broad SMARTS) is 1. The van der Waals surface area contributed by atoms with Gasteiger partial charge in [0, 0.05) is 0 Å². The molecule has 2 unspecified atom stereocenters. The van der Waals surface area contributed by atoms with Gasteiger partial charge in [0.1, 0.15) is 10.1 Å². The van der Waals surface area contributed by atoms with Crippen molar-refractivity contribution in [1.29, 1.82) is 0 Å². The number of alkyl halides is 1. The van der Waals surface area contributed by atoms with Crippen molar-refractivity contribution < 1.29 is 9.90 Å². The molecule has 0 radical (unpaired) electrons. The second kappa shape index (κ2) is 4.20. The van der Waals surface area contributed by atoms with E-state index < -0.39 is 16.1 Å². The molecule has 2 nitrogen and oxygen atoms in total. The van der Waals surface area contributed by atoms with Gasteiger partial charge in [-0.15, -0.1) is 23.4 Å². The Morgan fingerprint density at radius 1 is 1.69 bits per heavy atom. The number of carbonyl (C=O) groups is 1. The third-order valence-electron chi connectivity index (χ3n) is 1.79. The number of allylic oxidation sites excluding steroid dienone is 2. The molecule has 0 fully saturated rings. The fourth-order valence-corrected chi connectivity index (χ4v) is 2.75. The standard InChI is InChI=1S/C9H11ClO2S/c1-2-13-9(10)6-4-3-5-7(9)8(11)12/h3-7H,2H2,1H3,(H,11,12). The molecule has 0 aliphatic heterocycles. The number of hydrogen-bond acceptors (Lipinski definition) is 2. The van der Waals surface area contributed by atoms with Crippen LogP contribution in [0, 0.1) is 5.92 Å². The summed E-state index contributed by atoms with van der Waals surface area (Å²) in [7, 11) is 0. The van der Waals surface area contributed by atoms with Gasteiger partial charge in [-0.1, -0.05) is 31.2 Å². The number of rotatable bonds is 3. The zero-order chi connectivity index (χ0) is 9.90. The molecule has 0 aromatic heterocycles. The van der Waals surface area contributed by atoms with E-state index in [0.29, 0.717) is 0 Å². The number of thioether (sulfide) groups is 1. The molecule has 13 heavy (non-hydrogen) atoms. The monoisotopic (exact) mass is 218 g/mol. The predicted molar refractivity (Wildman–Crippen MR) is 56.1 cm³/mol. The Bertz CT molecular complexity index is 262. The van der Waals surface area contributed by atoms with Crippen molar-refractivity contribution >= 4 is 29.3 Å². The lowest BCUT2D eigenvalue weighted by Crippen LogP contribution is -2.32. The summed E-state index contributed by atoms with van der Waals surface area (Å²) in [4.78, 5) is 10.9. The van der Waals surface area contributed by atoms with Crippen molar-refractivity contribution in [2.24, 2.45) is 5.92 Å². The second-order valence-electron chi connectivity index (χ2n) is 2.69. The van der Waals surface area contributed by atoms with Gasteiger partial charge in [0.2, 0.25) is 0 Å². The van der Waals surface area contributed by atoms with Gasteiger partial charge < -0.3 is 5.11 Å². The molecule has 0 saturated carbocycles. The van der Waals surface area contributed by atoms with Crippen molar-refractivity contribution in [3.05, 3.63) is 24.3 Å². The molecule has 0 heterocycles. The smallest absolute Gasteiger partial charge is 0.313 e. The molecule has 0 amide bonds. The molecule has 0 aromatic carbocycles. The van der Waals surface area contributed by atoms with Gasteiger partial charge in [0.05, 0.1) is 0 Å². The minimum Gasteiger partial charge on any atom is -0.481 e. The van der Waals surface area contributed by atoms with E-state index in [4.69, 9.17) is 16.7 Å². The fraction of sp³-hybridized carbons (Fsp3) is 0.444. The molecule has 0 aromatic rings. The summed E-state index contributed by atoms with van der Waals surface area (Å²) in [6.07, 6.45) is 6.87. The molecular formula is C9H11ClO2S. The van der Waals surface area contributed by atoms with Crippen LogP contribution in [-0.4, -0.2) is 21.0 Å². The van der Waals surface area contributed by atoms with Crippen LogP contribution in [0.25, 0.3) is 0 Å². The van der Waals surface area contributed by atoms with Gasteiger partial charge in [0.15, 0.2) is 0 Å². The second-order valence-corrected chi connectivity index (χ2v) is 5.08. The molecule has 0 bridgehead atoms. The molecule has 1 aliphatic rings. The van der Waals surface area contributed by atoms with Crippen LogP contribution in [0.5, 0.6) is 0 Å². The summed E-state index contributed by atoms with van der Waals surface area (Å²) in [5, 5.41) is 8.92. The Hall–Kier alpha value is -0.410. The molecule has 72 valence electrons. The topological polar surface area (TPSA) is 37.3 Å². The van der Waals surface area contributed by atoms with Crippen molar-refractivity contribution in [2.45, 2.75) is 11.1 Å². The highest BCUT2D eigenvalue weighted by Crippen LogP contribution is 2.41. The van der Waals surface area contributed by atoms with E-state index in [2.05, 4.69) is 0 Å². The number of hydrogen-bond donors (Lipinski definition) is 1. The first-order chi connectivity index (χ1) is 6.10. The van der Waals surface area contributed by atoms with E-state index >= 15 is 0 Å². The Labute approximate surface area is 86.7 Å². The number of carboxylic acids is 1. The van der Waals surface area contributed by atoms with Crippen molar-refractivity contribution in [2.75, 3.05) is 5.75 Å². The molecule has 1 aliphatic carbocycles. The normalized spacial score (nSPS) is 32.0. The van der Waals surface area contributed by atoms with Gasteiger partial charge in [-0.3, -0.25) is 4.79 Å². The van der Waals surface area contributed by atoms with E-state index in [-0.39, 0.29) is 0 Å². The van der Waals surface area contributed by atoms with Crippen LogP contribution in [0.4, 0.5) is 0 Å². The van der Waals surface area contributed by atoms with Gasteiger partial charge in [0.25, 0.3) is 0 Å². The number of halogens is 1. The first-order valence-electron chi connectivity index (χ1n) is 4.02. The summed E-state index contributed by atoms with van der Waals surface area (Å²) in [6, 6.07) is 0. The summed E-state index contributed by atoms with van der Waals surface area (Å²) in [5.41, 5.74) is 0. The molecule has 1 rings (SSSR count). The maximum absolute atomic E-state index is 10.9. The zero-order valence-electron chi connectivity index (χ0n) is 7.24. The zero-order valence-corrected chi connectivity index (χ0v) is 8.81. The third-order valence-corrected chi connectivity index (χ3v) is 3.60. The van der Waals surface area contributed by atoms with E-state index in [1.54, 1.807) is 24.3 Å². The van der Waals surface area contributed by atoms with Crippen LogP contribution in [-0.2, 0) is 4.79 Å². The lowest BCUT2D eigenvalue weighted by Gasteiger charge is -2.28. The largest absolute Gasteiger partial charge is 0.481 e. The lowest BCUT2D eigenvalue weighted by molar-refractivity contribution is -0.140. The SMILES string of the molecule is CCSC1(Cl)C=CC=CC1C(=O)O. The van der Waals surface area contributed by atoms with Crippen LogP contribution < -0.4 is 0 Å². The Morgan fingerprint density at radius 3 is 2.92 bits per heavy atom. The maximum Gasteiger partial charge on any atom is 0.313 e. The highest BCUT2D eigenvalue weighted by atomic mass is 35.5. The van der Waals surface area contributed by atoms with Gasteiger partial charge in [-0.05, 0) is 5.75 Å². The highest BCUT2D eigenvalue weighted by molar-refractivity contribution is 8.02. The summed E-state index contributed by atoms with van der Waals surface area (Å²) in [5.74, 6) is -0.716. The molecule has 2 atom stereocenters. The maximum atomic E-state index is 10.9. The average molecular weight is 219 g/mol. The average Bonchev–Trinajstić information content (AvgIpc) is 2.04. The Kier molecular flexibility index (Phi) is 3.45. The van der Waals surface area contributed by atoms with Crippen molar-refractivity contribution in [1.82, 2.24) is 0 Å². The fourth-order valence-electron chi connectivity index (χ4n) is 1.21. The number of aliphatic carboxylic acids is 1. The van der Waals surface area contributed by atoms with Crippen molar-refractivity contribution in [3.8, 4) is 0 Å². The molecule has 4 heteroatoms. The van der Waals surface area contributed by atoms with E-state index in [1.807, 2.05) is 6.92 Å². The summed E-state index contributed by atoms with van der Waals surface area (Å²) >= 11 is 7.62. The highest BCUT2D eigenvalue weighted by Gasteiger charge is 2.39. The Morgan fingerprint density at radius 2 is 2.38 bits per heavy atom. The van der Waals surface area contributed by atoms with Gasteiger partial charge in [-0.25, -0.2) is 0 Å². The predicted octanol–water partition coefficient (Wildman–Crippen LogP) is 2.50. The van der Waals surface area contributed by atoms with E-state index in [9.17, 15) is 4.79 Å². The van der Waals surface area contributed by atoms with Crippen LogP contribution in [0.3, 0.4) is 0 Å². The lowest BCUT2D eigenvalue weighted by atomic mass is 10.00. The first-order valence-corrected chi connectivity index (χ1v) is 5.38. The molecule has 1 N–H and O–H groups in total. The van der Waals surface area contributed by atoms with Gasteiger partial charge in [-0.2, -0.15) is 0 Å². The summed E-state index contributed by atoms with van der Waals surface area (Å²) < 4.78 is -0.810. The summed E-state index contributed by atoms with van der Waals surface area (Å²) in [6.45, 7) is 1.96. The molecular weight excluding hydrogens is 208 g/mol. The quantitative estimate of drug-likeness (QED) is 0.740. The first kappa shape index (κ1) is 10.7. The molecule has 0 saturated heterocycles. The molecule has 0 spiro atoms.